The van der Waals surface area contributed by atoms with E-state index in [2.05, 4.69) is 26.5 Å². The molecule has 9 heteroatoms. The van der Waals surface area contributed by atoms with Crippen LogP contribution < -0.4 is 10.2 Å². The summed E-state index contributed by atoms with van der Waals surface area (Å²) >= 11 is 0. The molecule has 4 heterocycles. The van der Waals surface area contributed by atoms with Crippen LogP contribution in [-0.2, 0) is 17.6 Å². The first-order valence-corrected chi connectivity index (χ1v) is 13.1. The van der Waals surface area contributed by atoms with E-state index in [1.807, 2.05) is 4.90 Å². The molecule has 0 spiro atoms. The smallest absolute Gasteiger partial charge is 0.245 e. The van der Waals surface area contributed by atoms with Crippen LogP contribution in [0.25, 0.3) is 0 Å². The zero-order valence-electron chi connectivity index (χ0n) is 19.8. The Morgan fingerprint density at radius 2 is 1.82 bits per heavy atom. The van der Waals surface area contributed by atoms with Crippen LogP contribution in [0.3, 0.4) is 0 Å². The van der Waals surface area contributed by atoms with Gasteiger partial charge in [-0.2, -0.15) is 10.1 Å². The van der Waals surface area contributed by atoms with Crippen LogP contribution >= 0.6 is 0 Å². The lowest BCUT2D eigenvalue weighted by Gasteiger charge is -2.32. The molecule has 0 bridgehead atoms. The van der Waals surface area contributed by atoms with Crippen LogP contribution in [0, 0.1) is 0 Å². The van der Waals surface area contributed by atoms with Crippen LogP contribution in [0.4, 0.5) is 17.6 Å². The number of carbonyl (C=O) groups is 1. The Bertz CT molecular complexity index is 1040. The minimum absolute atomic E-state index is 0.199. The molecule has 2 aromatic heterocycles. The average molecular weight is 466 g/mol. The number of nitrogens with one attached hydrogen (secondary N) is 2. The van der Waals surface area contributed by atoms with Crippen LogP contribution in [-0.4, -0.2) is 67.9 Å². The number of rotatable bonds is 5. The number of aromatic nitrogens is 4. The van der Waals surface area contributed by atoms with Crippen LogP contribution in [0.1, 0.15) is 80.7 Å². The second-order valence-electron chi connectivity index (χ2n) is 10.4. The molecule has 2 aromatic rings. The summed E-state index contributed by atoms with van der Waals surface area (Å²) in [5.74, 6) is 2.82. The number of carbonyl (C=O) groups excluding carboxylic acids is 1. The standard InChI is InChI=1S/C25H35N7O2/c33-17-13-18-20(14-17)26-25(32-12-6-9-21(32)24(34)31-10-4-1-5-11-31)28-23(18)27-22-15-19(29-30-22)16-7-2-3-8-16/h15-17,21,33H,1-14H2,(H2,26,27,28,29,30). The van der Waals surface area contributed by atoms with Crippen molar-refractivity contribution < 1.29 is 9.90 Å². The molecule has 2 aliphatic carbocycles. The van der Waals surface area contributed by atoms with E-state index in [0.717, 1.165) is 62.4 Å². The predicted octanol–water partition coefficient (Wildman–Crippen LogP) is 3.04. The summed E-state index contributed by atoms with van der Waals surface area (Å²) < 4.78 is 0. The Hall–Kier alpha value is -2.68. The maximum atomic E-state index is 13.3. The number of hydrogen-bond donors (Lipinski definition) is 3. The molecule has 2 unspecified atom stereocenters. The molecule has 3 N–H and O–H groups in total. The summed E-state index contributed by atoms with van der Waals surface area (Å²) in [4.78, 5) is 27.2. The van der Waals surface area contributed by atoms with Crippen molar-refractivity contribution in [2.45, 2.75) is 88.7 Å². The fraction of sp³-hybridized carbons (Fsp3) is 0.680. The van der Waals surface area contributed by atoms with Crippen molar-refractivity contribution in [2.24, 2.45) is 0 Å². The summed E-state index contributed by atoms with van der Waals surface area (Å²) in [5.41, 5.74) is 3.01. The van der Waals surface area contributed by atoms with Gasteiger partial charge in [-0.1, -0.05) is 12.8 Å². The number of hydrogen-bond acceptors (Lipinski definition) is 7. The second-order valence-corrected chi connectivity index (χ2v) is 10.4. The molecule has 9 nitrogen and oxygen atoms in total. The van der Waals surface area contributed by atoms with Gasteiger partial charge in [0.25, 0.3) is 0 Å². The number of H-pyrrole nitrogens is 1. The third kappa shape index (κ3) is 4.15. The summed E-state index contributed by atoms with van der Waals surface area (Å²) in [6, 6.07) is 1.89. The zero-order chi connectivity index (χ0) is 23.1. The van der Waals surface area contributed by atoms with Gasteiger partial charge in [0.05, 0.1) is 11.8 Å². The third-order valence-corrected chi connectivity index (χ3v) is 8.05. The van der Waals surface area contributed by atoms with Crippen LogP contribution in [0.15, 0.2) is 6.07 Å². The minimum Gasteiger partial charge on any atom is -0.392 e. The molecular weight excluding hydrogens is 430 g/mol. The lowest BCUT2D eigenvalue weighted by molar-refractivity contribution is -0.133. The Balaban J connectivity index is 1.27. The lowest BCUT2D eigenvalue weighted by Crippen LogP contribution is -2.48. The lowest BCUT2D eigenvalue weighted by atomic mass is 10.0. The Morgan fingerprint density at radius 1 is 1.00 bits per heavy atom. The number of likely N-dealkylation sites (tertiary alicyclic amines) is 1. The fourth-order valence-corrected chi connectivity index (χ4v) is 6.22. The predicted molar refractivity (Wildman–Crippen MR) is 129 cm³/mol. The van der Waals surface area contributed by atoms with Crippen molar-refractivity contribution >= 4 is 23.5 Å². The Kier molecular flexibility index (Phi) is 5.89. The number of anilines is 3. The molecule has 2 aliphatic heterocycles. The van der Waals surface area contributed by atoms with Crippen molar-refractivity contribution in [3.05, 3.63) is 23.0 Å². The Labute approximate surface area is 200 Å². The van der Waals surface area contributed by atoms with Gasteiger partial charge < -0.3 is 20.2 Å². The number of nitrogens with zero attached hydrogens (tertiary/aromatic N) is 5. The number of aliphatic hydroxyl groups is 1. The molecule has 6 rings (SSSR count). The summed E-state index contributed by atoms with van der Waals surface area (Å²) in [5, 5.41) is 21.5. The summed E-state index contributed by atoms with van der Waals surface area (Å²) in [6.45, 7) is 2.49. The van der Waals surface area contributed by atoms with E-state index in [1.165, 1.54) is 37.8 Å². The van der Waals surface area contributed by atoms with Crippen molar-refractivity contribution in [3.8, 4) is 0 Å². The molecule has 2 atom stereocenters. The molecule has 0 aromatic carbocycles. The topological polar surface area (TPSA) is 110 Å². The van der Waals surface area contributed by atoms with Crippen molar-refractivity contribution in [1.29, 1.82) is 0 Å². The van der Waals surface area contributed by atoms with Crippen molar-refractivity contribution in [3.63, 3.8) is 0 Å². The largest absolute Gasteiger partial charge is 0.392 e. The summed E-state index contributed by atoms with van der Waals surface area (Å²) in [6.07, 6.45) is 10.8. The van der Waals surface area contributed by atoms with E-state index in [4.69, 9.17) is 9.97 Å². The monoisotopic (exact) mass is 465 g/mol. The molecule has 182 valence electrons. The molecule has 2 saturated heterocycles. The highest BCUT2D eigenvalue weighted by atomic mass is 16.3. The van der Waals surface area contributed by atoms with Gasteiger partial charge in [-0.3, -0.25) is 9.89 Å². The van der Waals surface area contributed by atoms with Gasteiger partial charge in [-0.05, 0) is 44.9 Å². The third-order valence-electron chi connectivity index (χ3n) is 8.05. The van der Waals surface area contributed by atoms with Gasteiger partial charge in [0, 0.05) is 55.7 Å². The maximum Gasteiger partial charge on any atom is 0.245 e. The van der Waals surface area contributed by atoms with Gasteiger partial charge in [-0.15, -0.1) is 0 Å². The molecule has 4 aliphatic rings. The highest BCUT2D eigenvalue weighted by Gasteiger charge is 2.37. The van der Waals surface area contributed by atoms with E-state index >= 15 is 0 Å². The fourth-order valence-electron chi connectivity index (χ4n) is 6.22. The Morgan fingerprint density at radius 3 is 2.65 bits per heavy atom. The summed E-state index contributed by atoms with van der Waals surface area (Å²) in [7, 11) is 0. The van der Waals surface area contributed by atoms with E-state index in [0.29, 0.717) is 30.5 Å². The van der Waals surface area contributed by atoms with E-state index in [-0.39, 0.29) is 11.9 Å². The zero-order valence-corrected chi connectivity index (χ0v) is 19.8. The van der Waals surface area contributed by atoms with Gasteiger partial charge in [0.15, 0.2) is 5.82 Å². The number of fused-ring (bicyclic) bond motifs is 1. The molecule has 3 fully saturated rings. The molecule has 34 heavy (non-hydrogen) atoms. The normalized spacial score (nSPS) is 25.2. The second kappa shape index (κ2) is 9.17. The molecule has 1 saturated carbocycles. The molecule has 0 radical (unpaired) electrons. The van der Waals surface area contributed by atoms with Gasteiger partial charge in [0.2, 0.25) is 11.9 Å². The SMILES string of the molecule is O=C(C1CCCN1c1nc2c(c(Nc3cc(C4CCCC4)[nH]n3)n1)CC(O)C2)N1CCCCC1. The highest BCUT2D eigenvalue weighted by molar-refractivity contribution is 5.85. The maximum absolute atomic E-state index is 13.3. The number of aliphatic hydroxyl groups excluding tert-OH is 1. The highest BCUT2D eigenvalue weighted by Crippen LogP contribution is 2.36. The molecule has 1 amide bonds. The van der Waals surface area contributed by atoms with Crippen LogP contribution in [0.2, 0.25) is 0 Å². The van der Waals surface area contributed by atoms with Crippen molar-refractivity contribution in [1.82, 2.24) is 25.1 Å². The quantitative estimate of drug-likeness (QED) is 0.622. The molecular formula is C25H35N7O2. The minimum atomic E-state index is -0.447. The van der Waals surface area contributed by atoms with Gasteiger partial charge in [0.1, 0.15) is 11.9 Å². The van der Waals surface area contributed by atoms with Gasteiger partial charge in [-0.25, -0.2) is 4.98 Å². The van der Waals surface area contributed by atoms with E-state index in [1.54, 1.807) is 0 Å². The number of amides is 1. The number of aromatic amines is 1. The van der Waals surface area contributed by atoms with Crippen molar-refractivity contribution in [2.75, 3.05) is 29.9 Å². The average Bonchev–Trinajstić information content (AvgIpc) is 3.65. The first kappa shape index (κ1) is 21.8. The van der Waals surface area contributed by atoms with E-state index < -0.39 is 6.10 Å². The van der Waals surface area contributed by atoms with Gasteiger partial charge >= 0.3 is 0 Å². The first-order valence-electron chi connectivity index (χ1n) is 13.1. The first-order chi connectivity index (χ1) is 16.7. The van der Waals surface area contributed by atoms with Crippen LogP contribution in [0.5, 0.6) is 0 Å². The number of piperidine rings is 1. The van der Waals surface area contributed by atoms with E-state index in [9.17, 15) is 9.90 Å².